The highest BCUT2D eigenvalue weighted by molar-refractivity contribution is 7.89. The van der Waals surface area contributed by atoms with Gasteiger partial charge in [0.1, 0.15) is 6.61 Å². The molecule has 8 heteroatoms. The Morgan fingerprint density at radius 2 is 1.83 bits per heavy atom. The minimum Gasteiger partial charge on any atom is -0.457 e. The molecule has 0 radical (unpaired) electrons. The Bertz CT molecular complexity index is 1020. The average Bonchev–Trinajstić information content (AvgIpc) is 2.71. The molecule has 29 heavy (non-hydrogen) atoms. The summed E-state index contributed by atoms with van der Waals surface area (Å²) in [6.07, 6.45) is -0.400. The van der Waals surface area contributed by atoms with E-state index in [9.17, 15) is 13.2 Å². The molecular formula is C21H22N2O5S. The van der Waals surface area contributed by atoms with Crippen LogP contribution in [0.5, 0.6) is 0 Å². The maximum absolute atomic E-state index is 13.0. The van der Waals surface area contributed by atoms with Gasteiger partial charge >= 0.3 is 5.97 Å². The van der Waals surface area contributed by atoms with Crippen molar-refractivity contribution >= 4 is 16.0 Å². The van der Waals surface area contributed by atoms with Crippen LogP contribution in [0.15, 0.2) is 53.4 Å². The van der Waals surface area contributed by atoms with Crippen LogP contribution in [-0.4, -0.2) is 44.0 Å². The fourth-order valence-corrected chi connectivity index (χ4v) is 4.80. The highest BCUT2D eigenvalue weighted by Gasteiger charge is 2.32. The van der Waals surface area contributed by atoms with Gasteiger partial charge in [-0.05, 0) is 49.7 Å². The molecule has 7 nitrogen and oxygen atoms in total. The number of hydrogen-bond donors (Lipinski definition) is 0. The smallest absolute Gasteiger partial charge is 0.338 e. The molecule has 0 amide bonds. The van der Waals surface area contributed by atoms with Crippen LogP contribution in [0.1, 0.15) is 35.3 Å². The zero-order valence-corrected chi connectivity index (χ0v) is 17.1. The molecule has 3 rings (SSSR count). The maximum Gasteiger partial charge on any atom is 0.338 e. The van der Waals surface area contributed by atoms with Crippen molar-refractivity contribution in [3.05, 3.63) is 65.2 Å². The van der Waals surface area contributed by atoms with Gasteiger partial charge in [-0.25, -0.2) is 13.2 Å². The van der Waals surface area contributed by atoms with Crippen LogP contribution in [0.3, 0.4) is 0 Å². The van der Waals surface area contributed by atoms with Gasteiger partial charge in [0.15, 0.2) is 0 Å². The van der Waals surface area contributed by atoms with Gasteiger partial charge in [0.2, 0.25) is 10.0 Å². The van der Waals surface area contributed by atoms with Gasteiger partial charge in [0, 0.05) is 13.1 Å². The highest BCUT2D eigenvalue weighted by Crippen LogP contribution is 2.22. The van der Waals surface area contributed by atoms with E-state index in [-0.39, 0.29) is 42.4 Å². The van der Waals surface area contributed by atoms with Gasteiger partial charge in [-0.2, -0.15) is 9.57 Å². The topological polar surface area (TPSA) is 96.7 Å². The lowest BCUT2D eigenvalue weighted by atomic mass is 10.1. The van der Waals surface area contributed by atoms with Crippen molar-refractivity contribution in [3.63, 3.8) is 0 Å². The van der Waals surface area contributed by atoms with Crippen molar-refractivity contribution < 1.29 is 22.7 Å². The first-order valence-corrected chi connectivity index (χ1v) is 10.7. The van der Waals surface area contributed by atoms with E-state index in [0.717, 1.165) is 5.56 Å². The van der Waals surface area contributed by atoms with Crippen molar-refractivity contribution in [1.82, 2.24) is 4.31 Å². The van der Waals surface area contributed by atoms with Gasteiger partial charge in [0.05, 0.1) is 34.3 Å². The summed E-state index contributed by atoms with van der Waals surface area (Å²) < 4.78 is 38.2. The predicted octanol–water partition coefficient (Wildman–Crippen LogP) is 2.71. The van der Waals surface area contributed by atoms with E-state index in [1.54, 1.807) is 24.3 Å². The predicted molar refractivity (Wildman–Crippen MR) is 105 cm³/mol. The molecule has 1 aliphatic heterocycles. The number of esters is 1. The van der Waals surface area contributed by atoms with Gasteiger partial charge in [0.25, 0.3) is 0 Å². The second-order valence-electron chi connectivity index (χ2n) is 6.99. The van der Waals surface area contributed by atoms with Crippen molar-refractivity contribution in [2.45, 2.75) is 37.6 Å². The molecule has 1 heterocycles. The summed E-state index contributed by atoms with van der Waals surface area (Å²) in [6.45, 7) is 4.21. The first-order valence-electron chi connectivity index (χ1n) is 9.21. The Balaban J connectivity index is 1.72. The van der Waals surface area contributed by atoms with Gasteiger partial charge in [-0.3, -0.25) is 0 Å². The largest absolute Gasteiger partial charge is 0.457 e. The van der Waals surface area contributed by atoms with Crippen LogP contribution < -0.4 is 0 Å². The Labute approximate surface area is 170 Å². The maximum atomic E-state index is 13.0. The van der Waals surface area contributed by atoms with E-state index in [1.807, 2.05) is 19.9 Å². The molecule has 2 aromatic rings. The zero-order valence-electron chi connectivity index (χ0n) is 16.2. The van der Waals surface area contributed by atoms with Crippen LogP contribution in [0, 0.1) is 11.3 Å². The second-order valence-corrected chi connectivity index (χ2v) is 8.93. The van der Waals surface area contributed by atoms with Crippen molar-refractivity contribution in [1.29, 1.82) is 5.26 Å². The second kappa shape index (κ2) is 8.74. The number of ether oxygens (including phenoxy) is 2. The third-order valence-corrected chi connectivity index (χ3v) is 6.37. The fraction of sp³-hybridized carbons (Fsp3) is 0.333. The van der Waals surface area contributed by atoms with Gasteiger partial charge < -0.3 is 9.47 Å². The summed E-state index contributed by atoms with van der Waals surface area (Å²) in [4.78, 5) is 12.4. The molecule has 0 unspecified atom stereocenters. The summed E-state index contributed by atoms with van der Waals surface area (Å²) in [5.74, 6) is -0.616. The number of hydrogen-bond acceptors (Lipinski definition) is 6. The highest BCUT2D eigenvalue weighted by atomic mass is 32.2. The van der Waals surface area contributed by atoms with Crippen LogP contribution in [0.25, 0.3) is 0 Å². The molecule has 2 aromatic carbocycles. The van der Waals surface area contributed by atoms with Crippen molar-refractivity contribution in [2.24, 2.45) is 0 Å². The number of benzene rings is 2. The molecule has 1 fully saturated rings. The van der Waals surface area contributed by atoms with E-state index in [4.69, 9.17) is 14.7 Å². The molecule has 0 spiro atoms. The molecule has 1 aliphatic rings. The molecule has 0 saturated carbocycles. The van der Waals surface area contributed by atoms with E-state index < -0.39 is 16.0 Å². The van der Waals surface area contributed by atoms with Crippen LogP contribution >= 0.6 is 0 Å². The van der Waals surface area contributed by atoms with E-state index in [1.165, 1.54) is 28.6 Å². The Morgan fingerprint density at radius 1 is 1.17 bits per heavy atom. The van der Waals surface area contributed by atoms with E-state index in [0.29, 0.717) is 5.56 Å². The lowest BCUT2D eigenvalue weighted by Gasteiger charge is -2.34. The standard InChI is InChI=1S/C21H22N2O5S/c1-15-12-23(13-16(2)28-15)29(25,26)20-5-3-4-19(10-20)21(24)27-14-18-8-6-17(11-22)7-9-18/h3-10,15-16H,12-14H2,1-2H3/t15-,16-/m0/s1. The molecule has 0 N–H and O–H groups in total. The Morgan fingerprint density at radius 3 is 2.45 bits per heavy atom. The SMILES string of the molecule is C[C@H]1CN(S(=O)(=O)c2cccc(C(=O)OCc3ccc(C#N)cc3)c2)C[C@H](C)O1. The van der Waals surface area contributed by atoms with Crippen LogP contribution in [-0.2, 0) is 26.1 Å². The number of rotatable bonds is 5. The molecule has 0 bridgehead atoms. The third-order valence-electron chi connectivity index (χ3n) is 4.55. The number of nitrogens with zero attached hydrogens (tertiary/aromatic N) is 2. The molecular weight excluding hydrogens is 392 g/mol. The molecule has 1 saturated heterocycles. The summed E-state index contributed by atoms with van der Waals surface area (Å²) in [6, 6.07) is 14.6. The lowest BCUT2D eigenvalue weighted by Crippen LogP contribution is -2.48. The van der Waals surface area contributed by atoms with Crippen LogP contribution in [0.4, 0.5) is 0 Å². The Hall–Kier alpha value is -2.73. The zero-order chi connectivity index (χ0) is 21.0. The van der Waals surface area contributed by atoms with Crippen molar-refractivity contribution in [3.8, 4) is 6.07 Å². The minimum absolute atomic E-state index is 0.0278. The number of carbonyl (C=O) groups excluding carboxylic acids is 1. The van der Waals surface area contributed by atoms with Crippen molar-refractivity contribution in [2.75, 3.05) is 13.1 Å². The molecule has 152 valence electrons. The normalized spacial score (nSPS) is 20.0. The van der Waals surface area contributed by atoms with E-state index >= 15 is 0 Å². The molecule has 0 aromatic heterocycles. The van der Waals surface area contributed by atoms with Gasteiger partial charge in [-0.1, -0.05) is 18.2 Å². The van der Waals surface area contributed by atoms with Gasteiger partial charge in [-0.15, -0.1) is 0 Å². The quantitative estimate of drug-likeness (QED) is 0.698. The van der Waals surface area contributed by atoms with Crippen LogP contribution in [0.2, 0.25) is 0 Å². The summed E-state index contributed by atoms with van der Waals surface area (Å²) in [5.41, 5.74) is 1.41. The summed E-state index contributed by atoms with van der Waals surface area (Å²) in [5, 5.41) is 8.82. The first-order chi connectivity index (χ1) is 13.8. The number of carbonyl (C=O) groups is 1. The third kappa shape index (κ3) is 5.01. The summed E-state index contributed by atoms with van der Waals surface area (Å²) >= 11 is 0. The van der Waals surface area contributed by atoms with E-state index in [2.05, 4.69) is 0 Å². The average molecular weight is 414 g/mol. The molecule has 2 atom stereocenters. The Kier molecular flexibility index (Phi) is 6.33. The summed E-state index contributed by atoms with van der Waals surface area (Å²) in [7, 11) is -3.74. The molecule has 0 aliphatic carbocycles. The first kappa shape index (κ1) is 21.0. The number of nitriles is 1. The number of morpholine rings is 1. The monoisotopic (exact) mass is 414 g/mol. The lowest BCUT2D eigenvalue weighted by molar-refractivity contribution is -0.0440. The fourth-order valence-electron chi connectivity index (χ4n) is 3.17. The minimum atomic E-state index is -3.74. The number of sulfonamides is 1.